The summed E-state index contributed by atoms with van der Waals surface area (Å²) in [6.45, 7) is 5.07. The average molecular weight is 252 g/mol. The molecule has 0 saturated carbocycles. The van der Waals surface area contributed by atoms with Gasteiger partial charge in [0.1, 0.15) is 6.10 Å². The average Bonchev–Trinajstić information content (AvgIpc) is 2.86. The quantitative estimate of drug-likeness (QED) is 0.464. The van der Waals surface area contributed by atoms with Gasteiger partial charge in [-0.05, 0) is 19.9 Å². The Balaban J connectivity index is 1.85. The number of aliphatic hydroxyl groups is 1. The lowest BCUT2D eigenvalue weighted by Gasteiger charge is -2.07. The highest BCUT2D eigenvalue weighted by atomic mass is 16.5. The standard InChI is InChI=1S/C12H20N4O2/c1-2-4-12(17)11-13-5-3-9-18-10-8-16-7-6-14-15-16/h6-7,12-13,17H,3,5,8-11H2,1H3. The van der Waals surface area contributed by atoms with E-state index in [1.165, 1.54) is 0 Å². The monoisotopic (exact) mass is 252 g/mol. The Hall–Kier alpha value is -1.42. The summed E-state index contributed by atoms with van der Waals surface area (Å²) in [6.07, 6.45) is 3.78. The zero-order valence-corrected chi connectivity index (χ0v) is 10.7. The van der Waals surface area contributed by atoms with Crippen LogP contribution in [0, 0.1) is 11.8 Å². The second-order valence-electron chi connectivity index (χ2n) is 3.75. The Kier molecular flexibility index (Phi) is 7.80. The number of hydrogen-bond donors (Lipinski definition) is 2. The highest BCUT2D eigenvalue weighted by molar-refractivity contribution is 5.02. The molecule has 1 unspecified atom stereocenters. The smallest absolute Gasteiger partial charge is 0.127 e. The fraction of sp³-hybridized carbons (Fsp3) is 0.667. The van der Waals surface area contributed by atoms with E-state index in [1.807, 2.05) is 0 Å². The molecule has 0 amide bonds. The van der Waals surface area contributed by atoms with Crippen molar-refractivity contribution < 1.29 is 9.84 Å². The lowest BCUT2D eigenvalue weighted by atomic mass is 10.3. The normalized spacial score (nSPS) is 11.9. The second kappa shape index (κ2) is 9.59. The van der Waals surface area contributed by atoms with E-state index in [-0.39, 0.29) is 0 Å². The van der Waals surface area contributed by atoms with E-state index in [2.05, 4.69) is 27.5 Å². The van der Waals surface area contributed by atoms with Gasteiger partial charge in [0.2, 0.25) is 0 Å². The second-order valence-corrected chi connectivity index (χ2v) is 3.75. The molecule has 0 bridgehead atoms. The van der Waals surface area contributed by atoms with Gasteiger partial charge in [-0.3, -0.25) is 4.68 Å². The van der Waals surface area contributed by atoms with Crippen LogP contribution in [0.4, 0.5) is 0 Å². The maximum atomic E-state index is 9.31. The highest BCUT2D eigenvalue weighted by Gasteiger charge is 1.97. The Morgan fingerprint density at radius 2 is 2.39 bits per heavy atom. The molecule has 1 atom stereocenters. The first-order valence-corrected chi connectivity index (χ1v) is 6.06. The molecule has 100 valence electrons. The van der Waals surface area contributed by atoms with Crippen molar-refractivity contribution in [2.45, 2.75) is 26.0 Å². The molecule has 18 heavy (non-hydrogen) atoms. The minimum atomic E-state index is -0.580. The summed E-state index contributed by atoms with van der Waals surface area (Å²) in [5, 5.41) is 20.0. The van der Waals surface area contributed by atoms with Gasteiger partial charge in [-0.15, -0.1) is 11.0 Å². The van der Waals surface area contributed by atoms with Crippen LogP contribution in [0.15, 0.2) is 12.4 Å². The van der Waals surface area contributed by atoms with E-state index in [0.717, 1.165) is 19.5 Å². The van der Waals surface area contributed by atoms with E-state index in [1.54, 1.807) is 24.0 Å². The predicted molar refractivity (Wildman–Crippen MR) is 67.8 cm³/mol. The van der Waals surface area contributed by atoms with Gasteiger partial charge in [0.05, 0.1) is 19.3 Å². The molecular formula is C12H20N4O2. The van der Waals surface area contributed by atoms with Crippen molar-refractivity contribution in [3.8, 4) is 11.8 Å². The Morgan fingerprint density at radius 1 is 1.50 bits per heavy atom. The fourth-order valence-corrected chi connectivity index (χ4v) is 1.37. The number of hydrogen-bond acceptors (Lipinski definition) is 5. The third-order valence-corrected chi connectivity index (χ3v) is 2.23. The van der Waals surface area contributed by atoms with E-state index in [9.17, 15) is 5.11 Å². The molecule has 1 aromatic heterocycles. The molecule has 2 N–H and O–H groups in total. The molecule has 0 aromatic carbocycles. The minimum Gasteiger partial charge on any atom is -0.379 e. The summed E-state index contributed by atoms with van der Waals surface area (Å²) in [7, 11) is 0. The Labute approximate surface area is 107 Å². The van der Waals surface area contributed by atoms with Crippen LogP contribution in [0.5, 0.6) is 0 Å². The van der Waals surface area contributed by atoms with Gasteiger partial charge in [-0.2, -0.15) is 0 Å². The van der Waals surface area contributed by atoms with E-state index < -0.39 is 6.10 Å². The third kappa shape index (κ3) is 7.01. The fourth-order valence-electron chi connectivity index (χ4n) is 1.37. The van der Waals surface area contributed by atoms with E-state index in [4.69, 9.17) is 4.74 Å². The van der Waals surface area contributed by atoms with Crippen molar-refractivity contribution in [1.82, 2.24) is 20.3 Å². The van der Waals surface area contributed by atoms with Crippen LogP contribution in [-0.2, 0) is 11.3 Å². The van der Waals surface area contributed by atoms with Crippen LogP contribution in [0.3, 0.4) is 0 Å². The topological polar surface area (TPSA) is 72.2 Å². The van der Waals surface area contributed by atoms with Gasteiger partial charge in [0, 0.05) is 19.3 Å². The largest absolute Gasteiger partial charge is 0.379 e. The van der Waals surface area contributed by atoms with Crippen molar-refractivity contribution in [3.05, 3.63) is 12.4 Å². The molecule has 0 aliphatic rings. The molecule has 0 saturated heterocycles. The van der Waals surface area contributed by atoms with Crippen LogP contribution in [0.1, 0.15) is 13.3 Å². The van der Waals surface area contributed by atoms with Gasteiger partial charge < -0.3 is 15.2 Å². The highest BCUT2D eigenvalue weighted by Crippen LogP contribution is 1.86. The molecule has 1 aromatic rings. The Morgan fingerprint density at radius 3 is 3.11 bits per heavy atom. The molecule has 0 fully saturated rings. The number of aromatic nitrogens is 3. The van der Waals surface area contributed by atoms with Gasteiger partial charge in [0.25, 0.3) is 0 Å². The molecule has 0 aliphatic carbocycles. The van der Waals surface area contributed by atoms with Crippen molar-refractivity contribution in [3.63, 3.8) is 0 Å². The van der Waals surface area contributed by atoms with Gasteiger partial charge >= 0.3 is 0 Å². The number of aliphatic hydroxyl groups excluding tert-OH is 1. The van der Waals surface area contributed by atoms with Gasteiger partial charge in [-0.1, -0.05) is 11.1 Å². The summed E-state index contributed by atoms with van der Waals surface area (Å²) in [5.41, 5.74) is 0. The zero-order valence-electron chi connectivity index (χ0n) is 10.7. The molecule has 6 nitrogen and oxygen atoms in total. The van der Waals surface area contributed by atoms with Crippen LogP contribution >= 0.6 is 0 Å². The van der Waals surface area contributed by atoms with E-state index in [0.29, 0.717) is 19.8 Å². The molecule has 0 radical (unpaired) electrons. The van der Waals surface area contributed by atoms with Crippen LogP contribution in [0.2, 0.25) is 0 Å². The SMILES string of the molecule is CC#CC(O)CNCCCOCCn1ccnn1. The summed E-state index contributed by atoms with van der Waals surface area (Å²) in [6, 6.07) is 0. The number of ether oxygens (including phenoxy) is 1. The number of rotatable bonds is 9. The van der Waals surface area contributed by atoms with Crippen LogP contribution in [-0.4, -0.2) is 52.5 Å². The molecule has 1 rings (SSSR count). The summed E-state index contributed by atoms with van der Waals surface area (Å²) in [5.74, 6) is 5.34. The van der Waals surface area contributed by atoms with Gasteiger partial charge in [0.15, 0.2) is 0 Å². The molecular weight excluding hydrogens is 232 g/mol. The first kappa shape index (κ1) is 14.6. The van der Waals surface area contributed by atoms with Crippen molar-refractivity contribution >= 4 is 0 Å². The first-order valence-electron chi connectivity index (χ1n) is 6.06. The first-order chi connectivity index (χ1) is 8.83. The van der Waals surface area contributed by atoms with E-state index >= 15 is 0 Å². The van der Waals surface area contributed by atoms with Crippen LogP contribution < -0.4 is 5.32 Å². The number of nitrogens with one attached hydrogen (secondary N) is 1. The maximum absolute atomic E-state index is 9.31. The minimum absolute atomic E-state index is 0.500. The summed E-state index contributed by atoms with van der Waals surface area (Å²) >= 11 is 0. The molecule has 1 heterocycles. The molecule has 0 spiro atoms. The lowest BCUT2D eigenvalue weighted by Crippen LogP contribution is -2.27. The maximum Gasteiger partial charge on any atom is 0.127 e. The van der Waals surface area contributed by atoms with Gasteiger partial charge in [-0.25, -0.2) is 0 Å². The van der Waals surface area contributed by atoms with Crippen molar-refractivity contribution in [1.29, 1.82) is 0 Å². The van der Waals surface area contributed by atoms with Crippen molar-refractivity contribution in [2.24, 2.45) is 0 Å². The third-order valence-electron chi connectivity index (χ3n) is 2.23. The van der Waals surface area contributed by atoms with Crippen molar-refractivity contribution in [2.75, 3.05) is 26.3 Å². The predicted octanol–water partition coefficient (Wildman–Crippen LogP) is -0.341. The number of nitrogens with zero attached hydrogens (tertiary/aromatic N) is 3. The summed E-state index contributed by atoms with van der Waals surface area (Å²) in [4.78, 5) is 0. The lowest BCUT2D eigenvalue weighted by molar-refractivity contribution is 0.120. The molecule has 6 heteroatoms. The molecule has 0 aliphatic heterocycles. The Bertz CT molecular complexity index is 356. The zero-order chi connectivity index (χ0) is 13.1. The summed E-state index contributed by atoms with van der Waals surface area (Å²) < 4.78 is 7.18. The van der Waals surface area contributed by atoms with Crippen LogP contribution in [0.25, 0.3) is 0 Å².